The molecule has 0 aromatic rings. The third-order valence-corrected chi connectivity index (χ3v) is 3.73. The molecule has 0 spiro atoms. The first kappa shape index (κ1) is 13.8. The molecule has 1 saturated carbocycles. The molecule has 1 aliphatic rings. The highest BCUT2D eigenvalue weighted by molar-refractivity contribution is 5.16. The van der Waals surface area contributed by atoms with Gasteiger partial charge in [0.15, 0.2) is 0 Å². The molecular formula is C15H28O. The van der Waals surface area contributed by atoms with Crippen molar-refractivity contribution in [2.45, 2.75) is 59.3 Å². The van der Waals surface area contributed by atoms with E-state index < -0.39 is 0 Å². The predicted octanol–water partition coefficient (Wildman–Crippen LogP) is 4.58. The van der Waals surface area contributed by atoms with Crippen LogP contribution in [0.15, 0.2) is 11.6 Å². The Morgan fingerprint density at radius 2 is 2.06 bits per heavy atom. The van der Waals surface area contributed by atoms with E-state index in [1.807, 2.05) is 0 Å². The zero-order valence-electron chi connectivity index (χ0n) is 11.3. The largest absolute Gasteiger partial charge is 0.382 e. The molecule has 0 aliphatic heterocycles. The van der Waals surface area contributed by atoms with E-state index >= 15 is 0 Å². The molecule has 1 fully saturated rings. The molecule has 2 atom stereocenters. The van der Waals surface area contributed by atoms with Crippen LogP contribution >= 0.6 is 0 Å². The molecule has 0 heterocycles. The second kappa shape index (κ2) is 7.89. The zero-order valence-corrected chi connectivity index (χ0v) is 11.3. The fraction of sp³-hybridized carbons (Fsp3) is 0.867. The summed E-state index contributed by atoms with van der Waals surface area (Å²) in [6.45, 7) is 8.61. The summed E-state index contributed by atoms with van der Waals surface area (Å²) in [5, 5.41) is 0. The second-order valence-electron chi connectivity index (χ2n) is 5.08. The molecule has 1 aliphatic carbocycles. The molecule has 0 N–H and O–H groups in total. The third kappa shape index (κ3) is 5.69. The van der Waals surface area contributed by atoms with Gasteiger partial charge >= 0.3 is 0 Å². The molecule has 0 aromatic heterocycles. The summed E-state index contributed by atoms with van der Waals surface area (Å²) in [6, 6.07) is 0. The summed E-state index contributed by atoms with van der Waals surface area (Å²) in [6.07, 6.45) is 10.4. The Hall–Kier alpha value is -0.300. The summed E-state index contributed by atoms with van der Waals surface area (Å²) in [5.74, 6) is 1.73. The van der Waals surface area contributed by atoms with Crippen LogP contribution in [0.2, 0.25) is 0 Å². The molecule has 16 heavy (non-hydrogen) atoms. The number of hydrogen-bond acceptors (Lipinski definition) is 1. The van der Waals surface area contributed by atoms with Crippen molar-refractivity contribution < 1.29 is 4.74 Å². The maximum absolute atomic E-state index is 5.39. The zero-order chi connectivity index (χ0) is 11.8. The van der Waals surface area contributed by atoms with Crippen LogP contribution < -0.4 is 0 Å². The highest BCUT2D eigenvalue weighted by atomic mass is 16.5. The van der Waals surface area contributed by atoms with Crippen molar-refractivity contribution in [1.82, 2.24) is 0 Å². The second-order valence-corrected chi connectivity index (χ2v) is 5.08. The maximum atomic E-state index is 5.39. The lowest BCUT2D eigenvalue weighted by Gasteiger charge is -2.21. The molecule has 1 heteroatoms. The Kier molecular flexibility index (Phi) is 6.79. The lowest BCUT2D eigenvalue weighted by Crippen LogP contribution is -2.11. The summed E-state index contributed by atoms with van der Waals surface area (Å²) in [7, 11) is 0. The smallest absolute Gasteiger partial charge is 0.0465 e. The summed E-state index contributed by atoms with van der Waals surface area (Å²) in [4.78, 5) is 0. The molecule has 0 amide bonds. The van der Waals surface area contributed by atoms with Gasteiger partial charge in [0.2, 0.25) is 0 Å². The van der Waals surface area contributed by atoms with E-state index in [9.17, 15) is 0 Å². The van der Waals surface area contributed by atoms with Gasteiger partial charge < -0.3 is 4.74 Å². The Bertz CT molecular complexity index is 201. The summed E-state index contributed by atoms with van der Waals surface area (Å²) >= 11 is 0. The van der Waals surface area contributed by atoms with E-state index in [1.54, 1.807) is 5.57 Å². The quantitative estimate of drug-likeness (QED) is 0.411. The molecular weight excluding hydrogens is 196 g/mol. The van der Waals surface area contributed by atoms with Crippen LogP contribution in [0.25, 0.3) is 0 Å². The van der Waals surface area contributed by atoms with Crippen molar-refractivity contribution in [3.05, 3.63) is 11.6 Å². The maximum Gasteiger partial charge on any atom is 0.0465 e. The van der Waals surface area contributed by atoms with Crippen molar-refractivity contribution in [3.8, 4) is 0 Å². The van der Waals surface area contributed by atoms with E-state index in [0.29, 0.717) is 0 Å². The summed E-state index contributed by atoms with van der Waals surface area (Å²) < 4.78 is 5.39. The minimum Gasteiger partial charge on any atom is -0.382 e. The van der Waals surface area contributed by atoms with E-state index in [1.165, 1.54) is 38.5 Å². The summed E-state index contributed by atoms with van der Waals surface area (Å²) in [5.41, 5.74) is 1.69. The molecule has 94 valence electrons. The lowest BCUT2D eigenvalue weighted by molar-refractivity contribution is 0.136. The molecule has 0 bridgehead atoms. The minimum atomic E-state index is 0.848. The third-order valence-electron chi connectivity index (χ3n) is 3.73. The van der Waals surface area contributed by atoms with Crippen molar-refractivity contribution in [1.29, 1.82) is 0 Å². The van der Waals surface area contributed by atoms with Crippen molar-refractivity contribution in [2.24, 2.45) is 11.8 Å². The van der Waals surface area contributed by atoms with Crippen LogP contribution in [0.4, 0.5) is 0 Å². The highest BCUT2D eigenvalue weighted by Gasteiger charge is 2.16. The first-order valence-electron chi connectivity index (χ1n) is 7.03. The standard InChI is InChI=1S/C15H28O/c1-4-15(11-10-14-8-9-14)13(3)7-6-12-16-5-2/h10,13,15H,4-9,11-12H2,1-3H3. The molecule has 2 unspecified atom stereocenters. The molecule has 0 aromatic carbocycles. The van der Waals surface area contributed by atoms with Gasteiger partial charge in [0.05, 0.1) is 0 Å². The normalized spacial score (nSPS) is 18.3. The topological polar surface area (TPSA) is 9.23 Å². The van der Waals surface area contributed by atoms with E-state index in [0.717, 1.165) is 25.0 Å². The fourth-order valence-electron chi connectivity index (χ4n) is 2.28. The Morgan fingerprint density at radius 3 is 2.62 bits per heavy atom. The predicted molar refractivity (Wildman–Crippen MR) is 70.6 cm³/mol. The molecule has 1 nitrogen and oxygen atoms in total. The first-order chi connectivity index (χ1) is 7.77. The van der Waals surface area contributed by atoms with E-state index in [4.69, 9.17) is 4.74 Å². The fourth-order valence-corrected chi connectivity index (χ4v) is 2.28. The van der Waals surface area contributed by atoms with Gasteiger partial charge in [0, 0.05) is 13.2 Å². The number of rotatable bonds is 9. The lowest BCUT2D eigenvalue weighted by atomic mass is 9.85. The molecule has 1 rings (SSSR count). The van der Waals surface area contributed by atoms with Crippen LogP contribution in [0.3, 0.4) is 0 Å². The Morgan fingerprint density at radius 1 is 1.31 bits per heavy atom. The number of ether oxygens (including phenoxy) is 1. The van der Waals surface area contributed by atoms with Crippen molar-refractivity contribution in [2.75, 3.05) is 13.2 Å². The van der Waals surface area contributed by atoms with Crippen molar-refractivity contribution >= 4 is 0 Å². The van der Waals surface area contributed by atoms with E-state index in [2.05, 4.69) is 26.8 Å². The van der Waals surface area contributed by atoms with Gasteiger partial charge in [-0.3, -0.25) is 0 Å². The van der Waals surface area contributed by atoms with Gasteiger partial charge in [-0.1, -0.05) is 31.9 Å². The van der Waals surface area contributed by atoms with E-state index in [-0.39, 0.29) is 0 Å². The SMILES string of the molecule is CCOCCCC(C)C(CC)CC=C1CC1. The Labute approximate surface area is 101 Å². The first-order valence-corrected chi connectivity index (χ1v) is 7.03. The van der Waals surface area contributed by atoms with Crippen LogP contribution in [-0.4, -0.2) is 13.2 Å². The van der Waals surface area contributed by atoms with Gasteiger partial charge in [-0.05, 0) is 50.9 Å². The van der Waals surface area contributed by atoms with Crippen LogP contribution in [0.5, 0.6) is 0 Å². The van der Waals surface area contributed by atoms with Gasteiger partial charge in [-0.2, -0.15) is 0 Å². The molecule has 0 radical (unpaired) electrons. The average molecular weight is 224 g/mol. The van der Waals surface area contributed by atoms with Gasteiger partial charge in [0.25, 0.3) is 0 Å². The van der Waals surface area contributed by atoms with Crippen LogP contribution in [-0.2, 0) is 4.74 Å². The van der Waals surface area contributed by atoms with Gasteiger partial charge in [-0.15, -0.1) is 0 Å². The van der Waals surface area contributed by atoms with Crippen molar-refractivity contribution in [3.63, 3.8) is 0 Å². The highest BCUT2D eigenvalue weighted by Crippen LogP contribution is 2.31. The van der Waals surface area contributed by atoms with Crippen LogP contribution in [0.1, 0.15) is 59.3 Å². The molecule has 0 saturated heterocycles. The number of allylic oxidation sites excluding steroid dienone is 2. The van der Waals surface area contributed by atoms with Gasteiger partial charge in [0.1, 0.15) is 0 Å². The monoisotopic (exact) mass is 224 g/mol. The van der Waals surface area contributed by atoms with Gasteiger partial charge in [-0.25, -0.2) is 0 Å². The number of hydrogen-bond donors (Lipinski definition) is 0. The Balaban J connectivity index is 2.14. The minimum absolute atomic E-state index is 0.848. The average Bonchev–Trinajstić information content (AvgIpc) is 3.09. The van der Waals surface area contributed by atoms with Crippen LogP contribution in [0, 0.1) is 11.8 Å².